The molecule has 1 saturated heterocycles. The van der Waals surface area contributed by atoms with Gasteiger partial charge in [-0.3, -0.25) is 4.31 Å². The van der Waals surface area contributed by atoms with Crippen LogP contribution in [-0.2, 0) is 10.0 Å². The number of anilines is 1. The minimum atomic E-state index is -3.91. The molecule has 1 amide bonds. The summed E-state index contributed by atoms with van der Waals surface area (Å²) in [6.45, 7) is 0.532. The molecule has 0 spiro atoms. The van der Waals surface area contributed by atoms with Crippen molar-refractivity contribution in [3.05, 3.63) is 60.4 Å². The van der Waals surface area contributed by atoms with Crippen LogP contribution in [0.1, 0.15) is 12.8 Å². The maximum atomic E-state index is 13.2. The van der Waals surface area contributed by atoms with Crippen molar-refractivity contribution in [1.29, 1.82) is 0 Å². The van der Waals surface area contributed by atoms with Crippen LogP contribution in [0.5, 0.6) is 0 Å². The number of para-hydroxylation sites is 1. The van der Waals surface area contributed by atoms with E-state index in [-0.39, 0.29) is 24.0 Å². The van der Waals surface area contributed by atoms with Crippen molar-refractivity contribution in [3.8, 4) is 0 Å². The molecule has 26 heavy (non-hydrogen) atoms. The number of hydrogen-bond donors (Lipinski definition) is 1. The second-order valence-corrected chi connectivity index (χ2v) is 7.91. The summed E-state index contributed by atoms with van der Waals surface area (Å²) >= 11 is 0. The van der Waals surface area contributed by atoms with Gasteiger partial charge in [-0.25, -0.2) is 17.6 Å². The third-order valence-electron chi connectivity index (χ3n) is 4.45. The molecule has 3 rings (SSSR count). The van der Waals surface area contributed by atoms with E-state index < -0.39 is 21.9 Å². The SMILES string of the molecule is O=C(O)N1CCC(N(c2ccccc2)S(=O)(=O)c2ccc(F)cc2)CC1. The van der Waals surface area contributed by atoms with Crippen LogP contribution in [0, 0.1) is 5.82 Å². The minimum absolute atomic E-state index is 0.00316. The molecule has 6 nitrogen and oxygen atoms in total. The molecule has 138 valence electrons. The van der Waals surface area contributed by atoms with Crippen molar-refractivity contribution in [1.82, 2.24) is 4.90 Å². The molecule has 2 aromatic carbocycles. The van der Waals surface area contributed by atoms with Gasteiger partial charge in [0.25, 0.3) is 10.0 Å². The molecule has 0 radical (unpaired) electrons. The van der Waals surface area contributed by atoms with E-state index in [9.17, 15) is 17.6 Å². The Kier molecular flexibility index (Phi) is 5.13. The first-order chi connectivity index (χ1) is 12.4. The summed E-state index contributed by atoms with van der Waals surface area (Å²) in [4.78, 5) is 12.4. The molecule has 0 unspecified atom stereocenters. The van der Waals surface area contributed by atoms with E-state index in [2.05, 4.69) is 0 Å². The van der Waals surface area contributed by atoms with Gasteiger partial charge in [0.05, 0.1) is 10.6 Å². The van der Waals surface area contributed by atoms with Crippen LogP contribution in [0.15, 0.2) is 59.5 Å². The smallest absolute Gasteiger partial charge is 0.407 e. The molecule has 1 fully saturated rings. The van der Waals surface area contributed by atoms with Gasteiger partial charge in [0.15, 0.2) is 0 Å². The van der Waals surface area contributed by atoms with Crippen LogP contribution in [-0.4, -0.2) is 43.6 Å². The molecule has 8 heteroatoms. The number of piperidine rings is 1. The van der Waals surface area contributed by atoms with E-state index in [1.54, 1.807) is 30.3 Å². The summed E-state index contributed by atoms with van der Waals surface area (Å²) in [5.41, 5.74) is 0.505. The average Bonchev–Trinajstić information content (AvgIpc) is 2.63. The molecule has 0 bridgehead atoms. The Morgan fingerprint density at radius 3 is 2.15 bits per heavy atom. The molecule has 1 aliphatic heterocycles. The molecule has 1 aliphatic rings. The summed E-state index contributed by atoms with van der Waals surface area (Å²) in [6, 6.07) is 13.0. The van der Waals surface area contributed by atoms with Gasteiger partial charge in [-0.2, -0.15) is 0 Å². The van der Waals surface area contributed by atoms with E-state index in [0.717, 1.165) is 12.1 Å². The predicted octanol–water partition coefficient (Wildman–Crippen LogP) is 3.16. The van der Waals surface area contributed by atoms with E-state index >= 15 is 0 Å². The third kappa shape index (κ3) is 3.65. The lowest BCUT2D eigenvalue weighted by Gasteiger charge is -2.38. The van der Waals surface area contributed by atoms with Crippen molar-refractivity contribution in [3.63, 3.8) is 0 Å². The van der Waals surface area contributed by atoms with Crippen LogP contribution < -0.4 is 4.31 Å². The normalized spacial score (nSPS) is 15.7. The zero-order valence-electron chi connectivity index (χ0n) is 14.0. The predicted molar refractivity (Wildman–Crippen MR) is 95.1 cm³/mol. The van der Waals surface area contributed by atoms with Crippen LogP contribution in [0.25, 0.3) is 0 Å². The number of nitrogens with zero attached hydrogens (tertiary/aromatic N) is 2. The number of halogens is 1. The highest BCUT2D eigenvalue weighted by Gasteiger charge is 2.34. The molecule has 1 N–H and O–H groups in total. The average molecular weight is 378 g/mol. The van der Waals surface area contributed by atoms with Gasteiger partial charge in [-0.1, -0.05) is 18.2 Å². The van der Waals surface area contributed by atoms with Gasteiger partial charge in [0.2, 0.25) is 0 Å². The monoisotopic (exact) mass is 378 g/mol. The minimum Gasteiger partial charge on any atom is -0.465 e. The topological polar surface area (TPSA) is 77.9 Å². The Bertz CT molecular complexity index is 864. The van der Waals surface area contributed by atoms with Gasteiger partial charge in [0, 0.05) is 19.1 Å². The number of hydrogen-bond acceptors (Lipinski definition) is 3. The molecule has 0 atom stereocenters. The maximum absolute atomic E-state index is 13.2. The largest absolute Gasteiger partial charge is 0.465 e. The molecular formula is C18H19FN2O4S. The van der Waals surface area contributed by atoms with Gasteiger partial charge in [-0.15, -0.1) is 0 Å². The molecular weight excluding hydrogens is 359 g/mol. The first-order valence-corrected chi connectivity index (χ1v) is 9.66. The van der Waals surface area contributed by atoms with E-state index in [1.165, 1.54) is 21.3 Å². The summed E-state index contributed by atoms with van der Waals surface area (Å²) < 4.78 is 41.0. The first kappa shape index (κ1) is 18.2. The Morgan fingerprint density at radius 2 is 1.62 bits per heavy atom. The Morgan fingerprint density at radius 1 is 1.04 bits per heavy atom. The highest BCUT2D eigenvalue weighted by Crippen LogP contribution is 2.30. The second kappa shape index (κ2) is 7.33. The lowest BCUT2D eigenvalue weighted by Crippen LogP contribution is -2.48. The number of sulfonamides is 1. The fourth-order valence-corrected chi connectivity index (χ4v) is 4.84. The molecule has 2 aromatic rings. The highest BCUT2D eigenvalue weighted by molar-refractivity contribution is 7.92. The molecule has 0 aliphatic carbocycles. The number of benzene rings is 2. The van der Waals surface area contributed by atoms with Crippen LogP contribution in [0.2, 0.25) is 0 Å². The summed E-state index contributed by atoms with van der Waals surface area (Å²) in [5.74, 6) is -0.509. The van der Waals surface area contributed by atoms with Crippen LogP contribution >= 0.6 is 0 Å². The van der Waals surface area contributed by atoms with Crippen molar-refractivity contribution in [2.75, 3.05) is 17.4 Å². The highest BCUT2D eigenvalue weighted by atomic mass is 32.2. The van der Waals surface area contributed by atoms with Gasteiger partial charge in [-0.05, 0) is 49.2 Å². The van der Waals surface area contributed by atoms with Gasteiger partial charge >= 0.3 is 6.09 Å². The van der Waals surface area contributed by atoms with Gasteiger partial charge in [0.1, 0.15) is 5.82 Å². The first-order valence-electron chi connectivity index (χ1n) is 8.22. The van der Waals surface area contributed by atoms with E-state index in [0.29, 0.717) is 18.5 Å². The standard InChI is InChI=1S/C18H19FN2O4S/c19-14-6-8-17(9-7-14)26(24,25)21(15-4-2-1-3-5-15)16-10-12-20(13-11-16)18(22)23/h1-9,16H,10-13H2,(H,22,23). The summed E-state index contributed by atoms with van der Waals surface area (Å²) in [5, 5.41) is 9.10. The molecule has 0 saturated carbocycles. The van der Waals surface area contributed by atoms with Crippen molar-refractivity contribution < 1.29 is 22.7 Å². The molecule has 0 aromatic heterocycles. The van der Waals surface area contributed by atoms with Crippen molar-refractivity contribution >= 4 is 21.8 Å². The van der Waals surface area contributed by atoms with E-state index in [1.807, 2.05) is 0 Å². The number of amides is 1. The second-order valence-electron chi connectivity index (χ2n) is 6.09. The van der Waals surface area contributed by atoms with E-state index in [4.69, 9.17) is 5.11 Å². The Balaban J connectivity index is 1.97. The third-order valence-corrected chi connectivity index (χ3v) is 6.34. The Hall–Kier alpha value is -2.61. The quantitative estimate of drug-likeness (QED) is 0.886. The fourth-order valence-electron chi connectivity index (χ4n) is 3.13. The lowest BCUT2D eigenvalue weighted by atomic mass is 10.0. The number of rotatable bonds is 4. The van der Waals surface area contributed by atoms with Gasteiger partial charge < -0.3 is 10.0 Å². The van der Waals surface area contributed by atoms with Crippen molar-refractivity contribution in [2.45, 2.75) is 23.8 Å². The number of carboxylic acid groups (broad SMARTS) is 1. The number of carbonyl (C=O) groups is 1. The fraction of sp³-hybridized carbons (Fsp3) is 0.278. The zero-order chi connectivity index (χ0) is 18.7. The van der Waals surface area contributed by atoms with Crippen molar-refractivity contribution in [2.24, 2.45) is 0 Å². The summed E-state index contributed by atoms with van der Waals surface area (Å²) in [7, 11) is -3.91. The molecule has 1 heterocycles. The van der Waals surface area contributed by atoms with Crippen LogP contribution in [0.4, 0.5) is 14.9 Å². The lowest BCUT2D eigenvalue weighted by molar-refractivity contribution is 0.133. The number of likely N-dealkylation sites (tertiary alicyclic amines) is 1. The summed E-state index contributed by atoms with van der Waals surface area (Å²) in [6.07, 6.45) is -0.223. The Labute approximate surface area is 151 Å². The maximum Gasteiger partial charge on any atom is 0.407 e. The zero-order valence-corrected chi connectivity index (χ0v) is 14.8. The van der Waals surface area contributed by atoms with Crippen LogP contribution in [0.3, 0.4) is 0 Å².